The summed E-state index contributed by atoms with van der Waals surface area (Å²) in [6.07, 6.45) is 7.38. The summed E-state index contributed by atoms with van der Waals surface area (Å²) in [5.41, 5.74) is 3.54. The van der Waals surface area contributed by atoms with Crippen LogP contribution in [0, 0.1) is 0 Å². The minimum Gasteiger partial charge on any atom is -0.497 e. The van der Waals surface area contributed by atoms with Gasteiger partial charge in [-0.25, -0.2) is 0 Å². The Morgan fingerprint density at radius 3 is 3.04 bits per heavy atom. The van der Waals surface area contributed by atoms with E-state index in [1.807, 2.05) is 10.9 Å². The predicted molar refractivity (Wildman–Crippen MR) is 103 cm³/mol. The lowest BCUT2D eigenvalue weighted by molar-refractivity contribution is -0.0113. The highest BCUT2D eigenvalue weighted by molar-refractivity contribution is 5.49. The molecule has 1 aromatic heterocycles. The van der Waals surface area contributed by atoms with Crippen LogP contribution in [0.5, 0.6) is 11.5 Å². The van der Waals surface area contributed by atoms with Gasteiger partial charge in [-0.1, -0.05) is 0 Å². The molecule has 1 saturated heterocycles. The summed E-state index contributed by atoms with van der Waals surface area (Å²) >= 11 is 0. The molecule has 1 aromatic carbocycles. The first-order valence-electron chi connectivity index (χ1n) is 9.91. The number of methoxy groups -OCH3 is 1. The Bertz CT molecular complexity index is 789. The molecule has 6 nitrogen and oxygen atoms in total. The molecule has 3 atom stereocenters. The van der Waals surface area contributed by atoms with Gasteiger partial charge in [0, 0.05) is 55.0 Å². The first-order valence-corrected chi connectivity index (χ1v) is 9.91. The quantitative estimate of drug-likeness (QED) is 0.845. The molecule has 0 radical (unpaired) electrons. The van der Waals surface area contributed by atoms with Crippen LogP contribution in [-0.2, 0) is 24.2 Å². The van der Waals surface area contributed by atoms with Gasteiger partial charge in [-0.2, -0.15) is 5.10 Å². The van der Waals surface area contributed by atoms with Crippen molar-refractivity contribution >= 4 is 0 Å². The Kier molecular flexibility index (Phi) is 5.36. The van der Waals surface area contributed by atoms with E-state index < -0.39 is 0 Å². The van der Waals surface area contributed by atoms with Crippen LogP contribution in [0.25, 0.3) is 0 Å². The van der Waals surface area contributed by atoms with Crippen LogP contribution in [0.1, 0.15) is 49.5 Å². The van der Waals surface area contributed by atoms with Crippen LogP contribution in [0.3, 0.4) is 0 Å². The normalized spacial score (nSPS) is 24.5. The second-order valence-electron chi connectivity index (χ2n) is 7.46. The summed E-state index contributed by atoms with van der Waals surface area (Å²) in [6.45, 7) is 6.61. The molecule has 2 aliphatic rings. The molecule has 146 valence electrons. The molecule has 0 unspecified atom stereocenters. The number of hydrogen-bond acceptors (Lipinski definition) is 5. The Labute approximate surface area is 160 Å². The number of nitrogens with one attached hydrogen (secondary N) is 1. The molecule has 0 bridgehead atoms. The maximum Gasteiger partial charge on any atom is 0.127 e. The van der Waals surface area contributed by atoms with E-state index in [2.05, 4.69) is 42.6 Å². The lowest BCUT2D eigenvalue weighted by Crippen LogP contribution is -2.39. The molecule has 0 aliphatic carbocycles. The number of ether oxygens (including phenoxy) is 3. The van der Waals surface area contributed by atoms with Crippen molar-refractivity contribution in [3.8, 4) is 11.5 Å². The zero-order chi connectivity index (χ0) is 18.8. The second kappa shape index (κ2) is 7.90. The van der Waals surface area contributed by atoms with Crippen LogP contribution >= 0.6 is 0 Å². The van der Waals surface area contributed by atoms with E-state index in [0.717, 1.165) is 61.6 Å². The Morgan fingerprint density at radius 2 is 2.26 bits per heavy atom. The van der Waals surface area contributed by atoms with Gasteiger partial charge in [0.1, 0.15) is 23.7 Å². The molecular formula is C21H29N3O3. The van der Waals surface area contributed by atoms with Gasteiger partial charge in [0.2, 0.25) is 0 Å². The van der Waals surface area contributed by atoms with Gasteiger partial charge in [0.15, 0.2) is 0 Å². The zero-order valence-electron chi connectivity index (χ0n) is 16.4. The molecule has 6 heteroatoms. The summed E-state index contributed by atoms with van der Waals surface area (Å²) < 4.78 is 19.6. The van der Waals surface area contributed by atoms with Crippen LogP contribution in [0.4, 0.5) is 0 Å². The number of aryl methyl sites for hydroxylation is 1. The minimum atomic E-state index is 0.0394. The standard InChI is InChI=1S/C21H29N3O3/c1-4-24-13-17(12-23-24)21-19(6-5-7-26-21)22-11-16-10-18(25-3)9-15-8-14(2)27-20(15)16/h9-10,12-14,19,21-22H,4-8,11H2,1-3H3/t14-,19+,21-/m1/s1. The maximum atomic E-state index is 6.11. The highest BCUT2D eigenvalue weighted by Crippen LogP contribution is 2.37. The van der Waals surface area contributed by atoms with Gasteiger partial charge in [-0.3, -0.25) is 4.68 Å². The van der Waals surface area contributed by atoms with Gasteiger partial charge in [-0.15, -0.1) is 0 Å². The number of hydrogen-bond donors (Lipinski definition) is 1. The fourth-order valence-corrected chi connectivity index (χ4v) is 4.09. The van der Waals surface area contributed by atoms with Crippen LogP contribution in [-0.4, -0.2) is 35.6 Å². The molecule has 0 saturated carbocycles. The molecule has 4 rings (SSSR count). The van der Waals surface area contributed by atoms with Gasteiger partial charge in [0.05, 0.1) is 13.3 Å². The number of rotatable bonds is 6. The molecule has 1 fully saturated rings. The Balaban J connectivity index is 1.51. The van der Waals surface area contributed by atoms with Gasteiger partial charge in [-0.05, 0) is 38.8 Å². The Morgan fingerprint density at radius 1 is 1.37 bits per heavy atom. The molecule has 1 N–H and O–H groups in total. The lowest BCUT2D eigenvalue weighted by Gasteiger charge is -2.32. The van der Waals surface area contributed by atoms with Crippen molar-refractivity contribution in [3.63, 3.8) is 0 Å². The third kappa shape index (κ3) is 3.82. The number of nitrogens with zero attached hydrogens (tertiary/aromatic N) is 2. The van der Waals surface area contributed by atoms with Crippen LogP contribution in [0.2, 0.25) is 0 Å². The topological polar surface area (TPSA) is 57.5 Å². The van der Waals surface area contributed by atoms with Gasteiger partial charge >= 0.3 is 0 Å². The van der Waals surface area contributed by atoms with Gasteiger partial charge < -0.3 is 19.5 Å². The molecule has 27 heavy (non-hydrogen) atoms. The van der Waals surface area contributed by atoms with E-state index in [9.17, 15) is 0 Å². The largest absolute Gasteiger partial charge is 0.497 e. The SMILES string of the molecule is CCn1cc([C@H]2OCCC[C@@H]2NCc2cc(OC)cc3c2O[C@H](C)C3)cn1. The fraction of sp³-hybridized carbons (Fsp3) is 0.571. The average molecular weight is 371 g/mol. The molecule has 0 spiro atoms. The molecule has 2 aliphatic heterocycles. The van der Waals surface area contributed by atoms with Crippen molar-refractivity contribution in [2.45, 2.75) is 64.4 Å². The van der Waals surface area contributed by atoms with E-state index in [0.29, 0.717) is 0 Å². The van der Waals surface area contributed by atoms with E-state index in [1.165, 1.54) is 5.56 Å². The third-order valence-corrected chi connectivity index (χ3v) is 5.46. The first-order chi connectivity index (χ1) is 13.2. The summed E-state index contributed by atoms with van der Waals surface area (Å²) in [4.78, 5) is 0. The number of fused-ring (bicyclic) bond motifs is 1. The fourth-order valence-electron chi connectivity index (χ4n) is 4.09. The summed E-state index contributed by atoms with van der Waals surface area (Å²) in [6, 6.07) is 4.43. The summed E-state index contributed by atoms with van der Waals surface area (Å²) in [5.74, 6) is 1.91. The first kappa shape index (κ1) is 18.3. The molecule has 3 heterocycles. The van der Waals surface area contributed by atoms with E-state index in [4.69, 9.17) is 14.2 Å². The lowest BCUT2D eigenvalue weighted by atomic mass is 9.97. The second-order valence-corrected chi connectivity index (χ2v) is 7.46. The van der Waals surface area contributed by atoms with Crippen molar-refractivity contribution < 1.29 is 14.2 Å². The Hall–Kier alpha value is -2.05. The van der Waals surface area contributed by atoms with E-state index in [-0.39, 0.29) is 18.2 Å². The third-order valence-electron chi connectivity index (χ3n) is 5.46. The van der Waals surface area contributed by atoms with Crippen molar-refractivity contribution in [2.75, 3.05) is 13.7 Å². The molecule has 0 amide bonds. The predicted octanol–water partition coefficient (Wildman–Crippen LogP) is 3.24. The van der Waals surface area contributed by atoms with Crippen LogP contribution in [0.15, 0.2) is 24.5 Å². The van der Waals surface area contributed by atoms with Crippen molar-refractivity contribution in [2.24, 2.45) is 0 Å². The minimum absolute atomic E-state index is 0.0394. The average Bonchev–Trinajstić information content (AvgIpc) is 3.31. The highest BCUT2D eigenvalue weighted by Gasteiger charge is 2.29. The molecule has 2 aromatic rings. The number of aromatic nitrogens is 2. The van der Waals surface area contributed by atoms with Gasteiger partial charge in [0.25, 0.3) is 0 Å². The monoisotopic (exact) mass is 371 g/mol. The van der Waals surface area contributed by atoms with E-state index >= 15 is 0 Å². The molecular weight excluding hydrogens is 342 g/mol. The maximum absolute atomic E-state index is 6.11. The van der Waals surface area contributed by atoms with E-state index in [1.54, 1.807) is 7.11 Å². The smallest absolute Gasteiger partial charge is 0.127 e. The van der Waals surface area contributed by atoms with Crippen LogP contribution < -0.4 is 14.8 Å². The number of benzene rings is 1. The van der Waals surface area contributed by atoms with Crippen molar-refractivity contribution in [3.05, 3.63) is 41.2 Å². The highest BCUT2D eigenvalue weighted by atomic mass is 16.5. The van der Waals surface area contributed by atoms with Crippen molar-refractivity contribution in [1.82, 2.24) is 15.1 Å². The summed E-state index contributed by atoms with van der Waals surface area (Å²) in [7, 11) is 1.72. The van der Waals surface area contributed by atoms with Crippen molar-refractivity contribution in [1.29, 1.82) is 0 Å². The zero-order valence-corrected chi connectivity index (χ0v) is 16.4. The summed E-state index contributed by atoms with van der Waals surface area (Å²) in [5, 5.41) is 8.13.